The zero-order valence-electron chi connectivity index (χ0n) is 13.3. The summed E-state index contributed by atoms with van der Waals surface area (Å²) in [5.41, 5.74) is 3.26. The lowest BCUT2D eigenvalue weighted by Crippen LogP contribution is -2.30. The predicted molar refractivity (Wildman–Crippen MR) is 82.1 cm³/mol. The molecule has 2 aliphatic heterocycles. The molecule has 0 bridgehead atoms. The second kappa shape index (κ2) is 5.12. The van der Waals surface area contributed by atoms with Gasteiger partial charge in [-0.25, -0.2) is 4.68 Å². The summed E-state index contributed by atoms with van der Waals surface area (Å²) in [5, 5.41) is 9.28. The summed E-state index contributed by atoms with van der Waals surface area (Å²) in [6.07, 6.45) is 5.24. The monoisotopic (exact) mass is 302 g/mol. The molecule has 2 aliphatic rings. The quantitative estimate of drug-likeness (QED) is 0.874. The van der Waals surface area contributed by atoms with Gasteiger partial charge in [-0.1, -0.05) is 13.8 Å². The lowest BCUT2D eigenvalue weighted by Gasteiger charge is -2.25. The van der Waals surface area contributed by atoms with Crippen LogP contribution in [0.15, 0.2) is 12.4 Å². The van der Waals surface area contributed by atoms with Crippen LogP contribution in [0.4, 0.5) is 0 Å². The van der Waals surface area contributed by atoms with E-state index in [0.29, 0.717) is 12.0 Å². The first kappa shape index (κ1) is 13.8. The number of ether oxygens (including phenoxy) is 2. The highest BCUT2D eigenvalue weighted by atomic mass is 16.5. The Morgan fingerprint density at radius 2 is 2.14 bits per heavy atom. The molecule has 0 aromatic carbocycles. The summed E-state index contributed by atoms with van der Waals surface area (Å²) in [4.78, 5) is 0. The standard InChI is InChI=1S/C16H22N4O2/c1-10(2)14-15(18-19-5-4-11(3)22-16(14)19)12-6-17-20(7-12)13-8-21-9-13/h6-7,10-11,13H,4-5,8-9H2,1-3H3/t11-/m1/s1. The van der Waals surface area contributed by atoms with Gasteiger partial charge in [-0.3, -0.25) is 4.68 Å². The van der Waals surface area contributed by atoms with Crippen molar-refractivity contribution in [3.05, 3.63) is 18.0 Å². The van der Waals surface area contributed by atoms with Gasteiger partial charge in [-0.15, -0.1) is 0 Å². The number of fused-ring (bicyclic) bond motifs is 1. The van der Waals surface area contributed by atoms with Crippen LogP contribution in [-0.4, -0.2) is 38.9 Å². The first-order chi connectivity index (χ1) is 10.6. The molecule has 0 radical (unpaired) electrons. The summed E-state index contributed by atoms with van der Waals surface area (Å²) in [5.74, 6) is 1.29. The fourth-order valence-electron chi connectivity index (χ4n) is 3.06. The molecular formula is C16H22N4O2. The van der Waals surface area contributed by atoms with Crippen molar-refractivity contribution in [1.29, 1.82) is 0 Å². The van der Waals surface area contributed by atoms with Crippen LogP contribution in [0, 0.1) is 0 Å². The second-order valence-corrected chi connectivity index (χ2v) is 6.56. The van der Waals surface area contributed by atoms with Gasteiger partial charge in [0.2, 0.25) is 5.88 Å². The van der Waals surface area contributed by atoms with Crippen LogP contribution in [-0.2, 0) is 11.3 Å². The Morgan fingerprint density at radius 3 is 2.82 bits per heavy atom. The van der Waals surface area contributed by atoms with Crippen LogP contribution in [0.5, 0.6) is 5.88 Å². The molecule has 6 heteroatoms. The van der Waals surface area contributed by atoms with E-state index in [2.05, 4.69) is 32.1 Å². The summed E-state index contributed by atoms with van der Waals surface area (Å²) < 4.78 is 15.3. The van der Waals surface area contributed by atoms with E-state index in [4.69, 9.17) is 14.6 Å². The first-order valence-electron chi connectivity index (χ1n) is 8.03. The Morgan fingerprint density at radius 1 is 1.32 bits per heavy atom. The molecule has 0 saturated carbocycles. The van der Waals surface area contributed by atoms with Gasteiger partial charge in [0.15, 0.2) is 0 Å². The minimum atomic E-state index is 0.254. The van der Waals surface area contributed by atoms with Crippen molar-refractivity contribution in [3.8, 4) is 17.1 Å². The molecule has 2 aromatic heterocycles. The van der Waals surface area contributed by atoms with Gasteiger partial charge in [-0.05, 0) is 12.8 Å². The third-order valence-electron chi connectivity index (χ3n) is 4.45. The molecule has 0 spiro atoms. The maximum Gasteiger partial charge on any atom is 0.216 e. The Hall–Kier alpha value is -1.82. The van der Waals surface area contributed by atoms with Crippen molar-refractivity contribution in [2.24, 2.45) is 0 Å². The fourth-order valence-corrected chi connectivity index (χ4v) is 3.06. The topological polar surface area (TPSA) is 54.1 Å². The minimum Gasteiger partial charge on any atom is -0.475 e. The van der Waals surface area contributed by atoms with Crippen molar-refractivity contribution in [1.82, 2.24) is 19.6 Å². The molecule has 1 saturated heterocycles. The number of aryl methyl sites for hydroxylation is 1. The van der Waals surface area contributed by atoms with Gasteiger partial charge in [0.05, 0.1) is 31.6 Å². The maximum atomic E-state index is 6.07. The van der Waals surface area contributed by atoms with E-state index in [0.717, 1.165) is 43.3 Å². The van der Waals surface area contributed by atoms with Gasteiger partial charge in [0.1, 0.15) is 5.69 Å². The van der Waals surface area contributed by atoms with E-state index in [1.807, 2.05) is 15.6 Å². The average molecular weight is 302 g/mol. The number of rotatable bonds is 3. The maximum absolute atomic E-state index is 6.07. The van der Waals surface area contributed by atoms with Gasteiger partial charge in [0, 0.05) is 30.3 Å². The van der Waals surface area contributed by atoms with Crippen molar-refractivity contribution in [3.63, 3.8) is 0 Å². The Bertz CT molecular complexity index is 684. The van der Waals surface area contributed by atoms with Gasteiger partial charge in [-0.2, -0.15) is 10.2 Å². The van der Waals surface area contributed by atoms with E-state index in [1.165, 1.54) is 5.56 Å². The van der Waals surface area contributed by atoms with E-state index >= 15 is 0 Å². The Labute approximate surface area is 130 Å². The number of aromatic nitrogens is 4. The summed E-state index contributed by atoms with van der Waals surface area (Å²) in [7, 11) is 0. The van der Waals surface area contributed by atoms with E-state index < -0.39 is 0 Å². The summed E-state index contributed by atoms with van der Waals surface area (Å²) in [6.45, 7) is 8.91. The number of hydrogen-bond acceptors (Lipinski definition) is 4. The molecule has 1 fully saturated rings. The molecule has 4 heterocycles. The van der Waals surface area contributed by atoms with Crippen LogP contribution in [0.2, 0.25) is 0 Å². The number of nitrogens with zero attached hydrogens (tertiary/aromatic N) is 4. The molecule has 4 rings (SSSR count). The molecule has 0 unspecified atom stereocenters. The zero-order chi connectivity index (χ0) is 15.3. The summed E-state index contributed by atoms with van der Waals surface area (Å²) in [6, 6.07) is 0.366. The van der Waals surface area contributed by atoms with E-state index in [1.54, 1.807) is 0 Å². The van der Waals surface area contributed by atoms with Crippen LogP contribution in [0.3, 0.4) is 0 Å². The largest absolute Gasteiger partial charge is 0.475 e. The Balaban J connectivity index is 1.76. The van der Waals surface area contributed by atoms with Crippen LogP contribution < -0.4 is 4.74 Å². The molecule has 0 amide bonds. The van der Waals surface area contributed by atoms with Gasteiger partial charge < -0.3 is 9.47 Å². The zero-order valence-corrected chi connectivity index (χ0v) is 13.3. The first-order valence-corrected chi connectivity index (χ1v) is 8.03. The molecule has 1 atom stereocenters. The van der Waals surface area contributed by atoms with Crippen LogP contribution in [0.25, 0.3) is 11.3 Å². The third-order valence-corrected chi connectivity index (χ3v) is 4.45. The highest BCUT2D eigenvalue weighted by Crippen LogP contribution is 2.38. The van der Waals surface area contributed by atoms with Gasteiger partial charge >= 0.3 is 0 Å². The summed E-state index contributed by atoms with van der Waals surface area (Å²) >= 11 is 0. The lowest BCUT2D eigenvalue weighted by atomic mass is 10.0. The highest BCUT2D eigenvalue weighted by Gasteiger charge is 2.28. The molecule has 22 heavy (non-hydrogen) atoms. The smallest absolute Gasteiger partial charge is 0.216 e. The second-order valence-electron chi connectivity index (χ2n) is 6.56. The molecule has 0 aliphatic carbocycles. The van der Waals surface area contributed by atoms with E-state index in [9.17, 15) is 0 Å². The normalized spacial score (nSPS) is 21.5. The highest BCUT2D eigenvalue weighted by molar-refractivity contribution is 5.65. The average Bonchev–Trinajstić information content (AvgIpc) is 3.00. The molecular weight excluding hydrogens is 280 g/mol. The minimum absolute atomic E-state index is 0.254. The van der Waals surface area contributed by atoms with Crippen LogP contribution in [0.1, 0.15) is 44.7 Å². The lowest BCUT2D eigenvalue weighted by molar-refractivity contribution is -0.0286. The predicted octanol–water partition coefficient (Wildman–Crippen LogP) is 2.61. The molecule has 0 N–H and O–H groups in total. The SMILES string of the molecule is CC(C)c1c(-c2cnn(C3COC3)c2)nn2c1O[C@H](C)CC2. The number of hydrogen-bond donors (Lipinski definition) is 0. The molecule has 118 valence electrons. The van der Waals surface area contributed by atoms with Gasteiger partial charge in [0.25, 0.3) is 0 Å². The van der Waals surface area contributed by atoms with Crippen molar-refractivity contribution < 1.29 is 9.47 Å². The molecule has 2 aromatic rings. The van der Waals surface area contributed by atoms with Crippen molar-refractivity contribution >= 4 is 0 Å². The van der Waals surface area contributed by atoms with Crippen LogP contribution >= 0.6 is 0 Å². The fraction of sp³-hybridized carbons (Fsp3) is 0.625. The Kier molecular flexibility index (Phi) is 3.22. The molecule has 6 nitrogen and oxygen atoms in total. The van der Waals surface area contributed by atoms with Crippen molar-refractivity contribution in [2.45, 2.75) is 51.8 Å². The van der Waals surface area contributed by atoms with Crippen molar-refractivity contribution in [2.75, 3.05) is 13.2 Å². The third kappa shape index (κ3) is 2.13. The van der Waals surface area contributed by atoms with E-state index in [-0.39, 0.29) is 6.10 Å².